The lowest BCUT2D eigenvalue weighted by Crippen LogP contribution is -2.43. The van der Waals surface area contributed by atoms with E-state index in [9.17, 15) is 22.7 Å². The van der Waals surface area contributed by atoms with Crippen molar-refractivity contribution < 1.29 is 27.4 Å². The van der Waals surface area contributed by atoms with Crippen LogP contribution in [-0.4, -0.2) is 59.8 Å². The van der Waals surface area contributed by atoms with Gasteiger partial charge in [-0.05, 0) is 54.4 Å². The molecule has 4 aromatic rings. The number of aryl methyl sites for hydroxylation is 1. The summed E-state index contributed by atoms with van der Waals surface area (Å²) in [7, 11) is 0. The lowest BCUT2D eigenvalue weighted by atomic mass is 9.84. The zero-order valence-corrected chi connectivity index (χ0v) is 21.7. The number of hydrogen-bond donors (Lipinski definition) is 3. The first-order valence-corrected chi connectivity index (χ1v) is 13.1. The predicted octanol–water partition coefficient (Wildman–Crippen LogP) is 6.04. The Bertz CT molecular complexity index is 1480. The molecule has 2 heterocycles. The van der Waals surface area contributed by atoms with Gasteiger partial charge in [-0.15, -0.1) is 0 Å². The quantitative estimate of drug-likeness (QED) is 0.174. The van der Waals surface area contributed by atoms with E-state index >= 15 is 0 Å². The van der Waals surface area contributed by atoms with E-state index in [0.717, 1.165) is 38.3 Å². The summed E-state index contributed by atoms with van der Waals surface area (Å²) in [5.74, 6) is -0.427. The number of nitrogens with zero attached hydrogens (tertiary/aromatic N) is 2. The van der Waals surface area contributed by atoms with E-state index in [-0.39, 0.29) is 11.1 Å². The van der Waals surface area contributed by atoms with Gasteiger partial charge in [0, 0.05) is 72.0 Å². The van der Waals surface area contributed by atoms with Crippen molar-refractivity contribution in [2.75, 3.05) is 38.2 Å². The lowest BCUT2D eigenvalue weighted by Gasteiger charge is -2.31. The van der Waals surface area contributed by atoms with Gasteiger partial charge in [-0.25, -0.2) is 4.39 Å². The van der Waals surface area contributed by atoms with Crippen LogP contribution in [-0.2, 0) is 16.9 Å². The van der Waals surface area contributed by atoms with Crippen molar-refractivity contribution in [3.8, 4) is 0 Å². The van der Waals surface area contributed by atoms with Crippen molar-refractivity contribution in [1.29, 1.82) is 5.41 Å². The van der Waals surface area contributed by atoms with Gasteiger partial charge in [0.1, 0.15) is 5.82 Å². The molecule has 1 saturated heterocycles. The molecule has 0 aliphatic carbocycles. The van der Waals surface area contributed by atoms with Crippen LogP contribution in [0.15, 0.2) is 72.9 Å². The van der Waals surface area contributed by atoms with E-state index in [1.54, 1.807) is 28.8 Å². The highest BCUT2D eigenvalue weighted by atomic mass is 19.4. The van der Waals surface area contributed by atoms with Crippen LogP contribution in [0.25, 0.3) is 10.9 Å². The fraction of sp³-hybridized carbons (Fsp3) is 0.300. The summed E-state index contributed by atoms with van der Waals surface area (Å²) in [5, 5.41) is 22.7. The number of para-hydroxylation sites is 1. The Balaban J connectivity index is 1.51. The number of aromatic nitrogens is 1. The van der Waals surface area contributed by atoms with Gasteiger partial charge in [-0.3, -0.25) is 4.90 Å². The molecule has 5 rings (SSSR count). The number of hydrogen-bond acceptors (Lipinski definition) is 5. The third-order valence-electron chi connectivity index (χ3n) is 7.31. The topological polar surface area (TPSA) is 73.5 Å². The number of rotatable bonds is 9. The van der Waals surface area contributed by atoms with Gasteiger partial charge in [-0.2, -0.15) is 13.2 Å². The van der Waals surface area contributed by atoms with Gasteiger partial charge in [0.15, 0.2) is 0 Å². The van der Waals surface area contributed by atoms with Gasteiger partial charge in [0.2, 0.25) is 5.60 Å². The molecule has 10 heteroatoms. The first-order chi connectivity index (χ1) is 19.2. The van der Waals surface area contributed by atoms with Crippen LogP contribution in [0.2, 0.25) is 0 Å². The Hall–Kier alpha value is -3.73. The molecule has 1 aromatic heterocycles. The molecule has 0 bridgehead atoms. The second-order valence-corrected chi connectivity index (χ2v) is 9.85. The molecule has 40 heavy (non-hydrogen) atoms. The molecular weight excluding hydrogens is 524 g/mol. The minimum Gasteiger partial charge on any atom is -0.379 e. The Morgan fingerprint density at radius 1 is 0.975 bits per heavy atom. The molecule has 6 nitrogen and oxygen atoms in total. The molecule has 3 aromatic carbocycles. The second-order valence-electron chi connectivity index (χ2n) is 9.85. The van der Waals surface area contributed by atoms with Gasteiger partial charge < -0.3 is 25.1 Å². The minimum atomic E-state index is -5.05. The summed E-state index contributed by atoms with van der Waals surface area (Å²) in [6.45, 7) is 4.27. The number of anilines is 2. The SMILES string of the molecule is N=Cc1cc(C(O)(c2cn(CCCN3CCOCC3)c3ccccc23)C(F)(F)F)ccc1Nc1ccc(F)cc1. The third kappa shape index (κ3) is 5.47. The number of morpholine rings is 1. The summed E-state index contributed by atoms with van der Waals surface area (Å²) in [6, 6.07) is 16.0. The average Bonchev–Trinajstić information content (AvgIpc) is 3.33. The first kappa shape index (κ1) is 27.8. The van der Waals surface area contributed by atoms with E-state index in [1.807, 2.05) is 0 Å². The third-order valence-corrected chi connectivity index (χ3v) is 7.31. The van der Waals surface area contributed by atoms with Crippen molar-refractivity contribution in [3.63, 3.8) is 0 Å². The molecule has 210 valence electrons. The normalized spacial score (nSPS) is 16.1. The summed E-state index contributed by atoms with van der Waals surface area (Å²) < 4.78 is 65.0. The van der Waals surface area contributed by atoms with Crippen molar-refractivity contribution in [3.05, 3.63) is 95.4 Å². The zero-order chi connectivity index (χ0) is 28.3. The average molecular weight is 555 g/mol. The fourth-order valence-electron chi connectivity index (χ4n) is 5.19. The fourth-order valence-corrected chi connectivity index (χ4v) is 5.19. The van der Waals surface area contributed by atoms with Gasteiger partial charge in [0.25, 0.3) is 0 Å². The zero-order valence-electron chi connectivity index (χ0n) is 21.7. The molecule has 1 aliphatic heterocycles. The van der Waals surface area contributed by atoms with E-state index in [1.165, 1.54) is 42.6 Å². The summed E-state index contributed by atoms with van der Waals surface area (Å²) in [4.78, 5) is 2.27. The molecule has 0 saturated carbocycles. The van der Waals surface area contributed by atoms with E-state index < -0.39 is 23.2 Å². The van der Waals surface area contributed by atoms with Gasteiger partial charge in [0.05, 0.1) is 13.2 Å². The molecule has 1 aliphatic rings. The number of fused-ring (bicyclic) bond motifs is 1. The van der Waals surface area contributed by atoms with Crippen molar-refractivity contribution in [2.45, 2.75) is 24.7 Å². The Morgan fingerprint density at radius 3 is 2.40 bits per heavy atom. The predicted molar refractivity (Wildman–Crippen MR) is 147 cm³/mol. The highest BCUT2D eigenvalue weighted by Crippen LogP contribution is 2.47. The summed E-state index contributed by atoms with van der Waals surface area (Å²) in [6.07, 6.45) is -2.02. The van der Waals surface area contributed by atoms with E-state index in [4.69, 9.17) is 10.1 Å². The maximum absolute atomic E-state index is 14.8. The molecule has 1 fully saturated rings. The molecular formula is C30H30F4N4O2. The molecule has 1 unspecified atom stereocenters. The van der Waals surface area contributed by atoms with E-state index in [2.05, 4.69) is 10.2 Å². The summed E-state index contributed by atoms with van der Waals surface area (Å²) in [5.41, 5.74) is -2.41. The smallest absolute Gasteiger partial charge is 0.379 e. The van der Waals surface area contributed by atoms with E-state index in [0.29, 0.717) is 42.0 Å². The van der Waals surface area contributed by atoms with Gasteiger partial charge in [-0.1, -0.05) is 24.3 Å². The largest absolute Gasteiger partial charge is 0.425 e. The number of aliphatic hydroxyl groups is 1. The molecule has 0 amide bonds. The first-order valence-electron chi connectivity index (χ1n) is 13.1. The number of ether oxygens (including phenoxy) is 1. The van der Waals surface area contributed by atoms with Gasteiger partial charge >= 0.3 is 6.18 Å². The van der Waals surface area contributed by atoms with Crippen LogP contribution in [0, 0.1) is 11.2 Å². The van der Waals surface area contributed by atoms with Crippen molar-refractivity contribution in [2.24, 2.45) is 0 Å². The van der Waals surface area contributed by atoms with Crippen LogP contribution >= 0.6 is 0 Å². The number of nitrogens with one attached hydrogen (secondary N) is 2. The van der Waals surface area contributed by atoms with Crippen LogP contribution in [0.4, 0.5) is 28.9 Å². The van der Waals surface area contributed by atoms with Crippen LogP contribution in [0.5, 0.6) is 0 Å². The van der Waals surface area contributed by atoms with Crippen LogP contribution in [0.3, 0.4) is 0 Å². The lowest BCUT2D eigenvalue weighted by molar-refractivity contribution is -0.247. The second kappa shape index (κ2) is 11.4. The number of benzene rings is 3. The summed E-state index contributed by atoms with van der Waals surface area (Å²) >= 11 is 0. The highest BCUT2D eigenvalue weighted by Gasteiger charge is 2.57. The maximum atomic E-state index is 14.8. The maximum Gasteiger partial charge on any atom is 0.425 e. The van der Waals surface area contributed by atoms with Crippen LogP contribution < -0.4 is 5.32 Å². The Kier molecular flexibility index (Phi) is 7.93. The standard InChI is InChI=1S/C30H30F4N4O2/c31-23-7-9-24(10-8-23)36-27-11-6-22(18-21(27)19-35)29(39,30(32,33)34)26-20-38(28-5-2-1-4-25(26)28)13-3-12-37-14-16-40-17-15-37/h1-2,4-11,18-20,35-36,39H,3,12-17H2. The number of alkyl halides is 3. The molecule has 1 atom stereocenters. The molecule has 3 N–H and O–H groups in total. The van der Waals surface area contributed by atoms with Crippen molar-refractivity contribution in [1.82, 2.24) is 9.47 Å². The number of halogens is 4. The minimum absolute atomic E-state index is 0.138. The van der Waals surface area contributed by atoms with Crippen LogP contribution in [0.1, 0.15) is 23.1 Å². The highest BCUT2D eigenvalue weighted by molar-refractivity contribution is 5.89. The Morgan fingerprint density at radius 2 is 1.70 bits per heavy atom. The van der Waals surface area contributed by atoms with Crippen molar-refractivity contribution >= 4 is 28.5 Å². The molecule has 0 radical (unpaired) electrons. The Labute approximate surface area is 229 Å². The molecule has 0 spiro atoms. The monoisotopic (exact) mass is 554 g/mol.